The Morgan fingerprint density at radius 1 is 1.30 bits per heavy atom. The average Bonchev–Trinajstić information content (AvgIpc) is 2.87. The van der Waals surface area contributed by atoms with Crippen LogP contribution in [0.25, 0.3) is 0 Å². The van der Waals surface area contributed by atoms with Crippen LogP contribution in [-0.4, -0.2) is 27.2 Å². The summed E-state index contributed by atoms with van der Waals surface area (Å²) in [5, 5.41) is 17.1. The molecule has 0 fully saturated rings. The van der Waals surface area contributed by atoms with Gasteiger partial charge in [0, 0.05) is 12.5 Å². The van der Waals surface area contributed by atoms with Crippen molar-refractivity contribution in [3.63, 3.8) is 0 Å². The van der Waals surface area contributed by atoms with Gasteiger partial charge in [0.15, 0.2) is 5.82 Å². The molecule has 0 atom stereocenters. The minimum absolute atomic E-state index is 0.0983. The first-order valence-corrected chi connectivity index (χ1v) is 5.87. The molecule has 0 aliphatic heterocycles. The highest BCUT2D eigenvalue weighted by atomic mass is 19.1. The van der Waals surface area contributed by atoms with Crippen LogP contribution in [0, 0.1) is 5.82 Å². The van der Waals surface area contributed by atoms with Crippen molar-refractivity contribution in [2.24, 2.45) is 0 Å². The zero-order chi connectivity index (χ0) is 14.5. The number of H-pyrrole nitrogens is 1. The van der Waals surface area contributed by atoms with Crippen molar-refractivity contribution in [1.29, 1.82) is 0 Å². The van der Waals surface area contributed by atoms with Crippen LogP contribution >= 0.6 is 0 Å². The number of nitrogens with one attached hydrogen (secondary N) is 2. The number of aromatic nitrogens is 2. The highest BCUT2D eigenvalue weighted by Crippen LogP contribution is 2.08. The van der Waals surface area contributed by atoms with Crippen LogP contribution in [0.1, 0.15) is 22.5 Å². The quantitative estimate of drug-likeness (QED) is 0.776. The lowest BCUT2D eigenvalue weighted by molar-refractivity contribution is -0.116. The summed E-state index contributed by atoms with van der Waals surface area (Å²) >= 11 is 0. The lowest BCUT2D eigenvalue weighted by Crippen LogP contribution is -2.12. The van der Waals surface area contributed by atoms with Gasteiger partial charge in [-0.2, -0.15) is 5.10 Å². The van der Waals surface area contributed by atoms with Crippen LogP contribution in [0.5, 0.6) is 0 Å². The molecule has 1 aromatic heterocycles. The number of hydrogen-bond acceptors (Lipinski definition) is 3. The number of benzene rings is 1. The van der Waals surface area contributed by atoms with E-state index in [1.807, 2.05) is 0 Å². The standard InChI is InChI=1S/C13H12FN3O3/c14-9-4-1-8(2-5-9)3-6-12(18)15-11-7-10(13(19)20)16-17-11/h1-2,4-5,7H,3,6H2,(H,19,20)(H2,15,16,17,18). The third-order valence-corrected chi connectivity index (χ3v) is 2.63. The molecule has 104 valence electrons. The SMILES string of the molecule is O=C(CCc1ccc(F)cc1)Nc1cc(C(=O)O)[nH]n1. The molecular weight excluding hydrogens is 265 g/mol. The van der Waals surface area contributed by atoms with E-state index in [9.17, 15) is 14.0 Å². The maximum atomic E-state index is 12.7. The molecule has 0 bridgehead atoms. The number of carbonyl (C=O) groups excluding carboxylic acids is 1. The molecule has 20 heavy (non-hydrogen) atoms. The third kappa shape index (κ3) is 3.64. The number of amides is 1. The van der Waals surface area contributed by atoms with E-state index in [2.05, 4.69) is 15.5 Å². The number of nitrogens with zero attached hydrogens (tertiary/aromatic N) is 1. The Hall–Kier alpha value is -2.70. The Kier molecular flexibility index (Phi) is 4.09. The second-order valence-corrected chi connectivity index (χ2v) is 4.15. The van der Waals surface area contributed by atoms with Gasteiger partial charge in [0.1, 0.15) is 11.5 Å². The molecule has 6 nitrogen and oxygen atoms in total. The van der Waals surface area contributed by atoms with Gasteiger partial charge < -0.3 is 10.4 Å². The van der Waals surface area contributed by atoms with Gasteiger partial charge >= 0.3 is 5.97 Å². The van der Waals surface area contributed by atoms with Gasteiger partial charge in [0.25, 0.3) is 0 Å². The summed E-state index contributed by atoms with van der Waals surface area (Å²) in [6.45, 7) is 0. The lowest BCUT2D eigenvalue weighted by atomic mass is 10.1. The number of aryl methyl sites for hydroxylation is 1. The fourth-order valence-corrected chi connectivity index (χ4v) is 1.61. The number of carbonyl (C=O) groups is 2. The first-order valence-electron chi connectivity index (χ1n) is 5.87. The summed E-state index contributed by atoms with van der Waals surface area (Å²) < 4.78 is 12.7. The maximum absolute atomic E-state index is 12.7. The normalized spacial score (nSPS) is 10.2. The summed E-state index contributed by atoms with van der Waals surface area (Å²) in [6, 6.07) is 7.12. The van der Waals surface area contributed by atoms with Crippen molar-refractivity contribution < 1.29 is 19.1 Å². The van der Waals surface area contributed by atoms with Crippen molar-refractivity contribution in [2.75, 3.05) is 5.32 Å². The molecule has 0 aliphatic rings. The molecule has 0 saturated heterocycles. The van der Waals surface area contributed by atoms with Crippen molar-refractivity contribution in [3.8, 4) is 0 Å². The summed E-state index contributed by atoms with van der Waals surface area (Å²) in [5.74, 6) is -1.61. The number of rotatable bonds is 5. The smallest absolute Gasteiger partial charge is 0.353 e. The summed E-state index contributed by atoms with van der Waals surface area (Å²) in [4.78, 5) is 22.3. The zero-order valence-electron chi connectivity index (χ0n) is 10.4. The Labute approximate surface area is 113 Å². The largest absolute Gasteiger partial charge is 0.477 e. The van der Waals surface area contributed by atoms with E-state index >= 15 is 0 Å². The van der Waals surface area contributed by atoms with E-state index in [4.69, 9.17) is 5.11 Å². The maximum Gasteiger partial charge on any atom is 0.353 e. The first kappa shape index (κ1) is 13.7. The third-order valence-electron chi connectivity index (χ3n) is 2.63. The van der Waals surface area contributed by atoms with Gasteiger partial charge in [-0.15, -0.1) is 0 Å². The number of carboxylic acid groups (broad SMARTS) is 1. The van der Waals surface area contributed by atoms with Crippen molar-refractivity contribution in [1.82, 2.24) is 10.2 Å². The van der Waals surface area contributed by atoms with E-state index in [1.165, 1.54) is 18.2 Å². The number of aromatic amines is 1. The number of anilines is 1. The van der Waals surface area contributed by atoms with E-state index in [0.717, 1.165) is 5.56 Å². The molecule has 0 radical (unpaired) electrons. The monoisotopic (exact) mass is 277 g/mol. The predicted octanol–water partition coefficient (Wildman–Crippen LogP) is 1.82. The van der Waals surface area contributed by atoms with Crippen LogP contribution in [0.2, 0.25) is 0 Å². The fraction of sp³-hybridized carbons (Fsp3) is 0.154. The Morgan fingerprint density at radius 3 is 2.60 bits per heavy atom. The van der Waals surface area contributed by atoms with E-state index in [1.54, 1.807) is 12.1 Å². The fourth-order valence-electron chi connectivity index (χ4n) is 1.61. The molecule has 2 aromatic rings. The first-order chi connectivity index (χ1) is 9.54. The topological polar surface area (TPSA) is 95.1 Å². The lowest BCUT2D eigenvalue weighted by Gasteiger charge is -2.02. The van der Waals surface area contributed by atoms with Gasteiger partial charge in [0.05, 0.1) is 0 Å². The molecule has 0 spiro atoms. The van der Waals surface area contributed by atoms with Gasteiger partial charge in [-0.25, -0.2) is 9.18 Å². The number of halogens is 1. The molecular formula is C13H12FN3O3. The summed E-state index contributed by atoms with van der Waals surface area (Å²) in [6.07, 6.45) is 0.656. The second kappa shape index (κ2) is 5.96. The highest BCUT2D eigenvalue weighted by Gasteiger charge is 2.10. The average molecular weight is 277 g/mol. The molecule has 0 aliphatic carbocycles. The van der Waals surface area contributed by atoms with Crippen LogP contribution in [0.4, 0.5) is 10.2 Å². The van der Waals surface area contributed by atoms with Gasteiger partial charge in [-0.3, -0.25) is 9.89 Å². The number of hydrogen-bond donors (Lipinski definition) is 3. The van der Waals surface area contributed by atoms with Gasteiger partial charge in [-0.1, -0.05) is 12.1 Å². The van der Waals surface area contributed by atoms with Crippen LogP contribution < -0.4 is 5.32 Å². The Balaban J connectivity index is 1.85. The van der Waals surface area contributed by atoms with Gasteiger partial charge in [-0.05, 0) is 24.1 Å². The number of carboxylic acids is 1. The van der Waals surface area contributed by atoms with E-state index in [0.29, 0.717) is 6.42 Å². The molecule has 1 amide bonds. The minimum atomic E-state index is -1.15. The molecule has 7 heteroatoms. The summed E-state index contributed by atoms with van der Waals surface area (Å²) in [7, 11) is 0. The van der Waals surface area contributed by atoms with Crippen LogP contribution in [0.15, 0.2) is 30.3 Å². The Morgan fingerprint density at radius 2 is 2.00 bits per heavy atom. The second-order valence-electron chi connectivity index (χ2n) is 4.15. The number of aromatic carboxylic acids is 1. The Bertz CT molecular complexity index is 622. The van der Waals surface area contributed by atoms with Crippen molar-refractivity contribution in [3.05, 3.63) is 47.4 Å². The highest BCUT2D eigenvalue weighted by molar-refractivity contribution is 5.92. The van der Waals surface area contributed by atoms with Crippen molar-refractivity contribution in [2.45, 2.75) is 12.8 Å². The molecule has 0 saturated carbocycles. The van der Waals surface area contributed by atoms with E-state index in [-0.39, 0.29) is 29.7 Å². The van der Waals surface area contributed by atoms with Gasteiger partial charge in [0.2, 0.25) is 5.91 Å². The zero-order valence-corrected chi connectivity index (χ0v) is 10.4. The van der Waals surface area contributed by atoms with Crippen LogP contribution in [0.3, 0.4) is 0 Å². The minimum Gasteiger partial charge on any atom is -0.477 e. The molecule has 1 heterocycles. The molecule has 0 unspecified atom stereocenters. The molecule has 2 rings (SSSR count). The van der Waals surface area contributed by atoms with Crippen LogP contribution in [-0.2, 0) is 11.2 Å². The summed E-state index contributed by atoms with van der Waals surface area (Å²) in [5.41, 5.74) is 0.744. The molecule has 3 N–H and O–H groups in total. The van der Waals surface area contributed by atoms with E-state index < -0.39 is 5.97 Å². The molecule has 1 aromatic carbocycles. The van der Waals surface area contributed by atoms with Crippen molar-refractivity contribution >= 4 is 17.7 Å². The predicted molar refractivity (Wildman–Crippen MR) is 68.9 cm³/mol.